The normalized spacial score (nSPS) is 19.5. The van der Waals surface area contributed by atoms with Gasteiger partial charge >= 0.3 is 0 Å². The molecule has 1 fully saturated rings. The minimum Gasteiger partial charge on any atom is -0.368 e. The molecule has 19 heavy (non-hydrogen) atoms. The van der Waals surface area contributed by atoms with Crippen LogP contribution in [0.25, 0.3) is 0 Å². The van der Waals surface area contributed by atoms with Crippen molar-refractivity contribution in [1.29, 1.82) is 0 Å². The quantitative estimate of drug-likeness (QED) is 0.499. The van der Waals surface area contributed by atoms with E-state index in [1.54, 1.807) is 6.07 Å². The van der Waals surface area contributed by atoms with Gasteiger partial charge in [-0.25, -0.2) is 0 Å². The van der Waals surface area contributed by atoms with Gasteiger partial charge in [-0.1, -0.05) is 0 Å². The van der Waals surface area contributed by atoms with Gasteiger partial charge in [0.05, 0.1) is 8.49 Å². The largest absolute Gasteiger partial charge is 0.368 e. The molecule has 6 heteroatoms. The van der Waals surface area contributed by atoms with Crippen LogP contribution in [0.5, 0.6) is 0 Å². The number of nitrogens with two attached hydrogens (primary N) is 1. The lowest BCUT2D eigenvalue weighted by molar-refractivity contribution is -0.385. The Labute approximate surface area is 126 Å². The number of hydrogen-bond acceptors (Lipinski definition) is 4. The molecule has 0 bridgehead atoms. The summed E-state index contributed by atoms with van der Waals surface area (Å²) in [7, 11) is 0. The highest BCUT2D eigenvalue weighted by molar-refractivity contribution is 14.1. The molecule has 104 valence electrons. The average molecular weight is 375 g/mol. The molecule has 1 unspecified atom stereocenters. The molecule has 0 spiro atoms. The molecule has 0 amide bonds. The first kappa shape index (κ1) is 14.5. The standard InChI is InChI=1S/C13H18IN3O2/c14-12-9-11(4-5-13(12)17(18)19)16-8-2-1-3-10(16)6-7-15/h4-5,9-10H,1-3,6-8,15H2. The summed E-state index contributed by atoms with van der Waals surface area (Å²) in [5.74, 6) is 0. The van der Waals surface area contributed by atoms with Crippen molar-refractivity contribution < 1.29 is 4.92 Å². The van der Waals surface area contributed by atoms with Gasteiger partial charge in [-0.3, -0.25) is 10.1 Å². The van der Waals surface area contributed by atoms with E-state index in [1.807, 2.05) is 34.7 Å². The number of rotatable bonds is 4. The highest BCUT2D eigenvalue weighted by Gasteiger charge is 2.23. The summed E-state index contributed by atoms with van der Waals surface area (Å²) in [6.07, 6.45) is 4.55. The number of hydrogen-bond donors (Lipinski definition) is 1. The van der Waals surface area contributed by atoms with Crippen LogP contribution in [0.15, 0.2) is 18.2 Å². The van der Waals surface area contributed by atoms with Crippen LogP contribution in [0.4, 0.5) is 11.4 Å². The van der Waals surface area contributed by atoms with Crippen molar-refractivity contribution in [2.24, 2.45) is 5.73 Å². The van der Waals surface area contributed by atoms with Crippen molar-refractivity contribution in [3.05, 3.63) is 31.9 Å². The van der Waals surface area contributed by atoms with Gasteiger partial charge in [0.2, 0.25) is 0 Å². The van der Waals surface area contributed by atoms with Gasteiger partial charge in [-0.15, -0.1) is 0 Å². The predicted octanol–water partition coefficient (Wildman–Crippen LogP) is 2.91. The van der Waals surface area contributed by atoms with Crippen molar-refractivity contribution in [2.45, 2.75) is 31.7 Å². The Balaban J connectivity index is 2.24. The van der Waals surface area contributed by atoms with Crippen LogP contribution in [-0.2, 0) is 0 Å². The van der Waals surface area contributed by atoms with Gasteiger partial charge in [0.15, 0.2) is 0 Å². The van der Waals surface area contributed by atoms with Crippen LogP contribution < -0.4 is 10.6 Å². The van der Waals surface area contributed by atoms with E-state index in [0.717, 1.165) is 25.1 Å². The smallest absolute Gasteiger partial charge is 0.282 e. The van der Waals surface area contributed by atoms with Crippen LogP contribution >= 0.6 is 22.6 Å². The Morgan fingerprint density at radius 3 is 2.89 bits per heavy atom. The Hall–Kier alpha value is -0.890. The van der Waals surface area contributed by atoms with Gasteiger partial charge in [-0.05, 0) is 67.0 Å². The molecule has 1 aliphatic rings. The second-order valence-corrected chi connectivity index (χ2v) is 5.98. The number of nitrogens with zero attached hydrogens (tertiary/aromatic N) is 2. The van der Waals surface area contributed by atoms with Crippen LogP contribution in [0.3, 0.4) is 0 Å². The van der Waals surface area contributed by atoms with E-state index in [9.17, 15) is 10.1 Å². The SMILES string of the molecule is NCCC1CCCCN1c1ccc([N+](=O)[O-])c(I)c1. The monoisotopic (exact) mass is 375 g/mol. The molecule has 5 nitrogen and oxygen atoms in total. The Morgan fingerprint density at radius 1 is 1.47 bits per heavy atom. The van der Waals surface area contributed by atoms with Crippen LogP contribution in [0.2, 0.25) is 0 Å². The lowest BCUT2D eigenvalue weighted by Gasteiger charge is -2.37. The number of nitro groups is 1. The molecule has 1 aliphatic heterocycles. The minimum absolute atomic E-state index is 0.178. The first-order chi connectivity index (χ1) is 9.13. The minimum atomic E-state index is -0.334. The van der Waals surface area contributed by atoms with Crippen LogP contribution in [0, 0.1) is 13.7 Å². The summed E-state index contributed by atoms with van der Waals surface area (Å²) < 4.78 is 0.692. The topological polar surface area (TPSA) is 72.4 Å². The molecule has 0 aromatic heterocycles. The van der Waals surface area contributed by atoms with Crippen LogP contribution in [0.1, 0.15) is 25.7 Å². The maximum atomic E-state index is 10.8. The van der Waals surface area contributed by atoms with Gasteiger partial charge in [0.1, 0.15) is 0 Å². The molecule has 0 radical (unpaired) electrons. The zero-order valence-corrected chi connectivity index (χ0v) is 12.9. The average Bonchev–Trinajstić information content (AvgIpc) is 2.39. The Morgan fingerprint density at radius 2 is 2.26 bits per heavy atom. The zero-order valence-electron chi connectivity index (χ0n) is 10.7. The van der Waals surface area contributed by atoms with E-state index < -0.39 is 0 Å². The van der Waals surface area contributed by atoms with Gasteiger partial charge in [0, 0.05) is 24.3 Å². The van der Waals surface area contributed by atoms with Crippen LogP contribution in [-0.4, -0.2) is 24.1 Å². The Bertz CT molecular complexity index is 465. The lowest BCUT2D eigenvalue weighted by Crippen LogP contribution is -2.40. The molecule has 1 aromatic carbocycles. The van der Waals surface area contributed by atoms with E-state index in [2.05, 4.69) is 4.90 Å². The summed E-state index contributed by atoms with van der Waals surface area (Å²) in [5, 5.41) is 10.8. The predicted molar refractivity (Wildman–Crippen MR) is 84.5 cm³/mol. The summed E-state index contributed by atoms with van der Waals surface area (Å²) in [5.41, 5.74) is 6.93. The third-order valence-corrected chi connectivity index (χ3v) is 4.45. The molecular weight excluding hydrogens is 357 g/mol. The van der Waals surface area contributed by atoms with Crippen molar-refractivity contribution in [2.75, 3.05) is 18.0 Å². The second kappa shape index (κ2) is 6.51. The molecule has 1 heterocycles. The number of anilines is 1. The molecule has 2 N–H and O–H groups in total. The highest BCUT2D eigenvalue weighted by Crippen LogP contribution is 2.31. The van der Waals surface area contributed by atoms with Crippen molar-refractivity contribution in [3.63, 3.8) is 0 Å². The fourth-order valence-electron chi connectivity index (χ4n) is 2.66. The molecule has 2 rings (SSSR count). The summed E-state index contributed by atoms with van der Waals surface area (Å²) in [6.45, 7) is 1.70. The summed E-state index contributed by atoms with van der Waals surface area (Å²) in [6, 6.07) is 5.84. The van der Waals surface area contributed by atoms with Gasteiger partial charge in [-0.2, -0.15) is 0 Å². The maximum absolute atomic E-state index is 10.8. The third kappa shape index (κ3) is 3.36. The van der Waals surface area contributed by atoms with Crippen molar-refractivity contribution in [3.8, 4) is 0 Å². The molecule has 1 saturated heterocycles. The van der Waals surface area contributed by atoms with E-state index in [4.69, 9.17) is 5.73 Å². The van der Waals surface area contributed by atoms with Crippen molar-refractivity contribution in [1.82, 2.24) is 0 Å². The maximum Gasteiger partial charge on any atom is 0.282 e. The fourth-order valence-corrected chi connectivity index (χ4v) is 3.35. The zero-order chi connectivity index (χ0) is 13.8. The molecular formula is C13H18IN3O2. The lowest BCUT2D eigenvalue weighted by atomic mass is 9.98. The molecule has 1 aromatic rings. The first-order valence-corrected chi connectivity index (χ1v) is 7.62. The van der Waals surface area contributed by atoms with E-state index in [0.29, 0.717) is 16.2 Å². The summed E-state index contributed by atoms with van der Waals surface area (Å²) >= 11 is 2.03. The Kier molecular flexibility index (Phi) is 4.98. The molecule has 0 saturated carbocycles. The third-order valence-electron chi connectivity index (χ3n) is 3.59. The highest BCUT2D eigenvalue weighted by atomic mass is 127. The first-order valence-electron chi connectivity index (χ1n) is 6.54. The van der Waals surface area contributed by atoms with E-state index in [1.165, 1.54) is 12.8 Å². The second-order valence-electron chi connectivity index (χ2n) is 4.81. The van der Waals surface area contributed by atoms with Gasteiger partial charge < -0.3 is 10.6 Å². The number of halogens is 1. The summed E-state index contributed by atoms with van der Waals surface area (Å²) in [4.78, 5) is 12.9. The number of piperidine rings is 1. The molecule has 0 aliphatic carbocycles. The molecule has 1 atom stereocenters. The van der Waals surface area contributed by atoms with E-state index >= 15 is 0 Å². The fraction of sp³-hybridized carbons (Fsp3) is 0.538. The van der Waals surface area contributed by atoms with Crippen molar-refractivity contribution >= 4 is 34.0 Å². The van der Waals surface area contributed by atoms with E-state index in [-0.39, 0.29) is 10.6 Å². The number of nitro benzene ring substituents is 1. The van der Waals surface area contributed by atoms with Gasteiger partial charge in [0.25, 0.3) is 5.69 Å². The number of benzene rings is 1.